The number of H-pyrrole nitrogens is 2. The van der Waals surface area contributed by atoms with Crippen LogP contribution in [-0.2, 0) is 0 Å². The Bertz CT molecular complexity index is 1610. The number of likely N-dealkylation sites (N-methyl/N-ethyl adjacent to an activating group) is 1. The number of nitrogen functional groups attached to an aromatic ring is 1. The molecule has 194 valence electrons. The first-order valence-electron chi connectivity index (χ1n) is 13.1. The summed E-state index contributed by atoms with van der Waals surface area (Å²) in [4.78, 5) is 31.4. The van der Waals surface area contributed by atoms with Crippen molar-refractivity contribution in [3.63, 3.8) is 0 Å². The fourth-order valence-electron chi connectivity index (χ4n) is 5.30. The molecule has 6 rings (SSSR count). The molecule has 8 heteroatoms. The van der Waals surface area contributed by atoms with E-state index in [0.29, 0.717) is 24.3 Å². The summed E-state index contributed by atoms with van der Waals surface area (Å²) < 4.78 is 0. The van der Waals surface area contributed by atoms with E-state index in [-0.39, 0.29) is 5.91 Å². The highest BCUT2D eigenvalue weighted by molar-refractivity contribution is 6.04. The Morgan fingerprint density at radius 2 is 1.84 bits per heavy atom. The van der Waals surface area contributed by atoms with Gasteiger partial charge in [-0.25, -0.2) is 4.98 Å². The third-order valence-corrected chi connectivity index (χ3v) is 7.55. The van der Waals surface area contributed by atoms with Gasteiger partial charge in [-0.3, -0.25) is 9.69 Å². The number of nitrogens with two attached hydrogens (primary N) is 1. The van der Waals surface area contributed by atoms with Crippen LogP contribution in [0, 0.1) is 0 Å². The SMILES string of the molecule is CN(C)CCN1CCN(C(=O)c2cc(-c3cnc4[nH]cc(-c5cccc6cc[nH]c56)c4c3)ccc2N)CC1. The van der Waals surface area contributed by atoms with Crippen LogP contribution in [0.3, 0.4) is 0 Å². The van der Waals surface area contributed by atoms with E-state index in [0.717, 1.165) is 65.0 Å². The van der Waals surface area contributed by atoms with Gasteiger partial charge in [0.15, 0.2) is 0 Å². The molecule has 4 N–H and O–H groups in total. The zero-order chi connectivity index (χ0) is 26.2. The molecule has 4 heterocycles. The molecule has 0 saturated carbocycles. The molecule has 0 atom stereocenters. The summed E-state index contributed by atoms with van der Waals surface area (Å²) in [5.74, 6) is -0.00796. The van der Waals surface area contributed by atoms with Crippen molar-refractivity contribution in [2.75, 3.05) is 59.1 Å². The van der Waals surface area contributed by atoms with Crippen molar-refractivity contribution in [3.8, 4) is 22.3 Å². The number of carbonyl (C=O) groups is 1. The number of hydrogen-bond acceptors (Lipinski definition) is 5. The summed E-state index contributed by atoms with van der Waals surface area (Å²) in [5.41, 5.74) is 13.4. The average Bonchev–Trinajstić information content (AvgIpc) is 3.59. The molecule has 1 aliphatic heterocycles. The van der Waals surface area contributed by atoms with Gasteiger partial charge in [-0.1, -0.05) is 24.3 Å². The third-order valence-electron chi connectivity index (χ3n) is 7.55. The quantitative estimate of drug-likeness (QED) is 0.298. The van der Waals surface area contributed by atoms with Gasteiger partial charge >= 0.3 is 0 Å². The van der Waals surface area contributed by atoms with Gasteiger partial charge in [-0.2, -0.15) is 0 Å². The Morgan fingerprint density at radius 1 is 1.00 bits per heavy atom. The van der Waals surface area contributed by atoms with Crippen molar-refractivity contribution < 1.29 is 4.79 Å². The monoisotopic (exact) mass is 507 g/mol. The van der Waals surface area contributed by atoms with E-state index >= 15 is 0 Å². The Balaban J connectivity index is 1.28. The lowest BCUT2D eigenvalue weighted by Gasteiger charge is -2.35. The highest BCUT2D eigenvalue weighted by Gasteiger charge is 2.24. The molecule has 3 aromatic heterocycles. The Morgan fingerprint density at radius 3 is 2.66 bits per heavy atom. The number of para-hydroxylation sites is 1. The van der Waals surface area contributed by atoms with Gasteiger partial charge in [0.1, 0.15) is 5.65 Å². The van der Waals surface area contributed by atoms with Crippen LogP contribution in [0.4, 0.5) is 5.69 Å². The topological polar surface area (TPSA) is 97.3 Å². The third kappa shape index (κ3) is 4.53. The molecule has 1 saturated heterocycles. The van der Waals surface area contributed by atoms with Crippen molar-refractivity contribution in [2.24, 2.45) is 0 Å². The molecule has 8 nitrogen and oxygen atoms in total. The number of pyridine rings is 1. The molecular weight excluding hydrogens is 474 g/mol. The first kappa shape index (κ1) is 24.2. The van der Waals surface area contributed by atoms with E-state index in [2.05, 4.69) is 64.2 Å². The molecule has 2 aromatic carbocycles. The number of amides is 1. The second kappa shape index (κ2) is 9.96. The van der Waals surface area contributed by atoms with E-state index in [1.54, 1.807) is 0 Å². The molecule has 1 amide bonds. The first-order valence-corrected chi connectivity index (χ1v) is 13.1. The average molecular weight is 508 g/mol. The second-order valence-corrected chi connectivity index (χ2v) is 10.3. The number of hydrogen-bond donors (Lipinski definition) is 3. The maximum Gasteiger partial charge on any atom is 0.256 e. The molecule has 5 aromatic rings. The second-order valence-electron chi connectivity index (χ2n) is 10.3. The number of anilines is 1. The van der Waals surface area contributed by atoms with Crippen LogP contribution in [0.1, 0.15) is 10.4 Å². The van der Waals surface area contributed by atoms with Crippen molar-refractivity contribution in [1.29, 1.82) is 0 Å². The zero-order valence-corrected chi connectivity index (χ0v) is 21.9. The molecule has 0 spiro atoms. The summed E-state index contributed by atoms with van der Waals surface area (Å²) in [6.07, 6.45) is 5.82. The van der Waals surface area contributed by atoms with Gasteiger partial charge in [0, 0.05) is 85.6 Å². The smallest absolute Gasteiger partial charge is 0.256 e. The van der Waals surface area contributed by atoms with E-state index in [4.69, 9.17) is 10.7 Å². The minimum absolute atomic E-state index is 0.00796. The van der Waals surface area contributed by atoms with Crippen LogP contribution in [0.25, 0.3) is 44.2 Å². The van der Waals surface area contributed by atoms with Gasteiger partial charge in [0.2, 0.25) is 0 Å². The number of carbonyl (C=O) groups excluding carboxylic acids is 1. The Labute approximate surface area is 222 Å². The van der Waals surface area contributed by atoms with Gasteiger partial charge in [0.05, 0.1) is 11.1 Å². The largest absolute Gasteiger partial charge is 0.398 e. The number of fused-ring (bicyclic) bond motifs is 2. The number of rotatable bonds is 6. The van der Waals surface area contributed by atoms with E-state index in [1.807, 2.05) is 41.7 Å². The minimum atomic E-state index is -0.00796. The molecule has 0 radical (unpaired) electrons. The summed E-state index contributed by atoms with van der Waals surface area (Å²) in [6, 6.07) is 16.2. The van der Waals surface area contributed by atoms with Crippen molar-refractivity contribution >= 4 is 33.5 Å². The first-order chi connectivity index (χ1) is 18.5. The number of aromatic amines is 2. The summed E-state index contributed by atoms with van der Waals surface area (Å²) in [6.45, 7) is 5.21. The lowest BCUT2D eigenvalue weighted by atomic mass is 9.99. The van der Waals surface area contributed by atoms with Crippen LogP contribution >= 0.6 is 0 Å². The van der Waals surface area contributed by atoms with Gasteiger partial charge < -0.3 is 25.5 Å². The van der Waals surface area contributed by atoms with Crippen LogP contribution in [0.5, 0.6) is 0 Å². The number of piperazine rings is 1. The Kier molecular flexibility index (Phi) is 6.35. The van der Waals surface area contributed by atoms with Crippen molar-refractivity contribution in [3.05, 3.63) is 72.7 Å². The van der Waals surface area contributed by atoms with Gasteiger partial charge in [-0.05, 0) is 49.3 Å². The molecule has 0 bridgehead atoms. The van der Waals surface area contributed by atoms with Gasteiger partial charge in [-0.15, -0.1) is 0 Å². The predicted octanol–water partition coefficient (Wildman–Crippen LogP) is 4.28. The minimum Gasteiger partial charge on any atom is -0.398 e. The van der Waals surface area contributed by atoms with Gasteiger partial charge in [0.25, 0.3) is 5.91 Å². The summed E-state index contributed by atoms with van der Waals surface area (Å²) in [7, 11) is 4.17. The highest BCUT2D eigenvalue weighted by Crippen LogP contribution is 2.35. The van der Waals surface area contributed by atoms with Crippen LogP contribution < -0.4 is 5.73 Å². The number of aromatic nitrogens is 3. The van der Waals surface area contributed by atoms with E-state index in [1.165, 1.54) is 5.39 Å². The fourth-order valence-corrected chi connectivity index (χ4v) is 5.30. The number of nitrogens with one attached hydrogen (secondary N) is 2. The molecule has 0 unspecified atom stereocenters. The lowest BCUT2D eigenvalue weighted by molar-refractivity contribution is 0.0631. The van der Waals surface area contributed by atoms with E-state index < -0.39 is 0 Å². The summed E-state index contributed by atoms with van der Waals surface area (Å²) in [5, 5.41) is 2.20. The normalized spacial score (nSPS) is 14.7. The number of nitrogens with zero attached hydrogens (tertiary/aromatic N) is 4. The zero-order valence-electron chi connectivity index (χ0n) is 21.9. The molecule has 1 aliphatic rings. The molecule has 38 heavy (non-hydrogen) atoms. The van der Waals surface area contributed by atoms with Crippen LogP contribution in [-0.4, -0.2) is 88.9 Å². The van der Waals surface area contributed by atoms with Crippen molar-refractivity contribution in [1.82, 2.24) is 29.7 Å². The maximum absolute atomic E-state index is 13.5. The number of benzene rings is 2. The Hall–Kier alpha value is -4.14. The predicted molar refractivity (Wildman–Crippen MR) is 154 cm³/mol. The standard InChI is InChI=1S/C30H33N7O/c1-35(2)10-11-36-12-14-37(15-13-36)30(38)25-16-21(6-7-27(25)31)22-17-24-26(19-34-29(24)33-18-22)23-5-3-4-20-8-9-32-28(20)23/h3-9,16-19,32H,10-15,31H2,1-2H3,(H,33,34). The molecule has 1 fully saturated rings. The van der Waals surface area contributed by atoms with Crippen LogP contribution in [0.2, 0.25) is 0 Å². The van der Waals surface area contributed by atoms with Crippen molar-refractivity contribution in [2.45, 2.75) is 0 Å². The van der Waals surface area contributed by atoms with E-state index in [9.17, 15) is 4.79 Å². The summed E-state index contributed by atoms with van der Waals surface area (Å²) >= 11 is 0. The van der Waals surface area contributed by atoms with Crippen LogP contribution in [0.15, 0.2) is 67.1 Å². The highest BCUT2D eigenvalue weighted by atomic mass is 16.2. The molecule has 0 aliphatic carbocycles. The maximum atomic E-state index is 13.5. The fraction of sp³-hybridized carbons (Fsp3) is 0.267. The molecular formula is C30H33N7O. The lowest BCUT2D eigenvalue weighted by Crippen LogP contribution is -2.50.